The number of nitrogens with one attached hydrogen (secondary N) is 2. The lowest BCUT2D eigenvalue weighted by Gasteiger charge is -2.32. The van der Waals surface area contributed by atoms with Crippen LogP contribution in [0, 0.1) is 5.92 Å². The number of anilines is 1. The quantitative estimate of drug-likeness (QED) is 0.702. The molecule has 1 aromatic carbocycles. The van der Waals surface area contributed by atoms with Crippen LogP contribution in [0.3, 0.4) is 0 Å². The SMILES string of the molecule is O=C(Nc1cccc2nsnc12)C1CCCN(C(=O)NCc2cccs2)C1. The average Bonchev–Trinajstić information content (AvgIpc) is 3.38. The Morgan fingerprint density at radius 3 is 3.00 bits per heavy atom. The highest BCUT2D eigenvalue weighted by Gasteiger charge is 2.28. The number of hydrogen-bond acceptors (Lipinski definition) is 6. The van der Waals surface area contributed by atoms with Crippen LogP contribution >= 0.6 is 23.1 Å². The smallest absolute Gasteiger partial charge is 0.317 e. The van der Waals surface area contributed by atoms with Crippen molar-refractivity contribution in [2.75, 3.05) is 18.4 Å². The second-order valence-corrected chi connectivity index (χ2v) is 8.01. The predicted molar refractivity (Wildman–Crippen MR) is 107 cm³/mol. The summed E-state index contributed by atoms with van der Waals surface area (Å²) in [6.07, 6.45) is 1.58. The molecule has 0 spiro atoms. The molecule has 0 bridgehead atoms. The Kier molecular flexibility index (Phi) is 5.30. The molecule has 1 atom stereocenters. The van der Waals surface area contributed by atoms with E-state index in [4.69, 9.17) is 0 Å². The Hall–Kier alpha value is -2.52. The van der Waals surface area contributed by atoms with E-state index in [2.05, 4.69) is 19.4 Å². The van der Waals surface area contributed by atoms with Gasteiger partial charge in [0, 0.05) is 18.0 Å². The molecule has 1 aliphatic heterocycles. The molecule has 2 aromatic heterocycles. The van der Waals surface area contributed by atoms with Crippen LogP contribution in [0.5, 0.6) is 0 Å². The molecular weight excluding hydrogens is 382 g/mol. The van der Waals surface area contributed by atoms with Crippen LogP contribution in [0.1, 0.15) is 17.7 Å². The molecule has 4 rings (SSSR count). The Labute approximate surface area is 164 Å². The van der Waals surface area contributed by atoms with Gasteiger partial charge in [-0.1, -0.05) is 12.1 Å². The molecular formula is C18H19N5O2S2. The topological polar surface area (TPSA) is 87.2 Å². The van der Waals surface area contributed by atoms with Crippen LogP contribution in [0.4, 0.5) is 10.5 Å². The molecule has 3 amide bonds. The van der Waals surface area contributed by atoms with E-state index in [0.29, 0.717) is 30.8 Å². The van der Waals surface area contributed by atoms with Gasteiger partial charge in [0.25, 0.3) is 0 Å². The largest absolute Gasteiger partial charge is 0.333 e. The molecule has 1 unspecified atom stereocenters. The predicted octanol–water partition coefficient (Wildman–Crippen LogP) is 3.31. The van der Waals surface area contributed by atoms with Crippen LogP contribution < -0.4 is 10.6 Å². The van der Waals surface area contributed by atoms with Crippen molar-refractivity contribution in [1.29, 1.82) is 0 Å². The summed E-state index contributed by atoms with van der Waals surface area (Å²) in [6, 6.07) is 9.39. The third-order valence-corrected chi connectivity index (χ3v) is 6.04. The van der Waals surface area contributed by atoms with Crippen LogP contribution in [0.15, 0.2) is 35.7 Å². The maximum Gasteiger partial charge on any atom is 0.317 e. The number of likely N-dealkylation sites (tertiary alicyclic amines) is 1. The number of rotatable bonds is 4. The number of benzene rings is 1. The summed E-state index contributed by atoms with van der Waals surface area (Å²) in [6.45, 7) is 1.61. The summed E-state index contributed by atoms with van der Waals surface area (Å²) >= 11 is 2.74. The van der Waals surface area contributed by atoms with Crippen molar-refractivity contribution in [3.05, 3.63) is 40.6 Å². The summed E-state index contributed by atoms with van der Waals surface area (Å²) in [5.41, 5.74) is 2.15. The molecule has 9 heteroatoms. The van der Waals surface area contributed by atoms with Crippen LogP contribution in [0.2, 0.25) is 0 Å². The van der Waals surface area contributed by atoms with Gasteiger partial charge in [-0.2, -0.15) is 8.75 Å². The summed E-state index contributed by atoms with van der Waals surface area (Å²) in [5, 5.41) is 7.88. The van der Waals surface area contributed by atoms with E-state index in [9.17, 15) is 9.59 Å². The molecule has 27 heavy (non-hydrogen) atoms. The first-order valence-corrected chi connectivity index (χ1v) is 10.4. The minimum Gasteiger partial charge on any atom is -0.333 e. The number of urea groups is 1. The zero-order valence-electron chi connectivity index (χ0n) is 14.6. The van der Waals surface area contributed by atoms with Gasteiger partial charge < -0.3 is 15.5 Å². The van der Waals surface area contributed by atoms with E-state index in [1.807, 2.05) is 35.7 Å². The molecule has 1 fully saturated rings. The van der Waals surface area contributed by atoms with E-state index < -0.39 is 0 Å². The highest BCUT2D eigenvalue weighted by molar-refractivity contribution is 7.09. The Morgan fingerprint density at radius 2 is 2.15 bits per heavy atom. The Bertz CT molecular complexity index is 940. The molecule has 0 saturated carbocycles. The molecule has 7 nitrogen and oxygen atoms in total. The fraction of sp³-hybridized carbons (Fsp3) is 0.333. The second-order valence-electron chi connectivity index (χ2n) is 6.45. The Morgan fingerprint density at radius 1 is 1.22 bits per heavy atom. The van der Waals surface area contributed by atoms with E-state index in [-0.39, 0.29) is 17.9 Å². The van der Waals surface area contributed by atoms with E-state index in [1.165, 1.54) is 0 Å². The number of hydrogen-bond donors (Lipinski definition) is 2. The van der Waals surface area contributed by atoms with E-state index >= 15 is 0 Å². The van der Waals surface area contributed by atoms with Crippen molar-refractivity contribution in [3.63, 3.8) is 0 Å². The van der Waals surface area contributed by atoms with E-state index in [1.54, 1.807) is 16.2 Å². The van der Waals surface area contributed by atoms with Gasteiger partial charge >= 0.3 is 6.03 Å². The van der Waals surface area contributed by atoms with Gasteiger partial charge in [-0.05, 0) is 36.4 Å². The molecule has 140 valence electrons. The molecule has 1 aliphatic rings. The third kappa shape index (κ3) is 4.09. The standard InChI is InChI=1S/C18H19N5O2S2/c24-17(20-14-6-1-7-15-16(14)22-27-21-15)12-4-2-8-23(11-12)18(25)19-10-13-5-3-9-26-13/h1,3,5-7,9,12H,2,4,8,10-11H2,(H,19,25)(H,20,24). The van der Waals surface area contributed by atoms with Crippen molar-refractivity contribution < 1.29 is 9.59 Å². The first-order chi connectivity index (χ1) is 13.2. The van der Waals surface area contributed by atoms with Crippen molar-refractivity contribution in [2.24, 2.45) is 5.92 Å². The number of carbonyl (C=O) groups is 2. The minimum atomic E-state index is -0.229. The molecule has 2 N–H and O–H groups in total. The van der Waals surface area contributed by atoms with Gasteiger partial charge in [-0.25, -0.2) is 4.79 Å². The number of amides is 3. The van der Waals surface area contributed by atoms with Gasteiger partial charge in [-0.15, -0.1) is 11.3 Å². The van der Waals surface area contributed by atoms with E-state index in [0.717, 1.165) is 35.0 Å². The number of fused-ring (bicyclic) bond motifs is 1. The van der Waals surface area contributed by atoms with Crippen molar-refractivity contribution in [3.8, 4) is 0 Å². The third-order valence-electron chi connectivity index (χ3n) is 4.62. The summed E-state index contributed by atoms with van der Waals surface area (Å²) in [5.74, 6) is -0.306. The maximum absolute atomic E-state index is 12.7. The highest BCUT2D eigenvalue weighted by Crippen LogP contribution is 2.24. The molecule has 3 aromatic rings. The lowest BCUT2D eigenvalue weighted by molar-refractivity contribution is -0.121. The van der Waals surface area contributed by atoms with Gasteiger partial charge in [0.15, 0.2) is 0 Å². The highest BCUT2D eigenvalue weighted by atomic mass is 32.1. The number of carbonyl (C=O) groups excluding carboxylic acids is 2. The maximum atomic E-state index is 12.7. The number of aromatic nitrogens is 2. The lowest BCUT2D eigenvalue weighted by atomic mass is 9.97. The number of thiophene rings is 1. The van der Waals surface area contributed by atoms with Crippen LogP contribution in [-0.2, 0) is 11.3 Å². The zero-order valence-corrected chi connectivity index (χ0v) is 16.2. The summed E-state index contributed by atoms with van der Waals surface area (Å²) in [7, 11) is 0. The zero-order chi connectivity index (χ0) is 18.6. The van der Waals surface area contributed by atoms with Gasteiger partial charge in [0.1, 0.15) is 11.0 Å². The number of nitrogens with zero attached hydrogens (tertiary/aromatic N) is 3. The Balaban J connectivity index is 1.36. The fourth-order valence-corrected chi connectivity index (χ4v) is 4.40. The first kappa shape index (κ1) is 17.9. The van der Waals surface area contributed by atoms with Crippen molar-refractivity contribution >= 4 is 51.7 Å². The molecule has 0 radical (unpaired) electrons. The van der Waals surface area contributed by atoms with Crippen LogP contribution in [0.25, 0.3) is 11.0 Å². The lowest BCUT2D eigenvalue weighted by Crippen LogP contribution is -2.47. The molecule has 0 aliphatic carbocycles. The summed E-state index contributed by atoms with van der Waals surface area (Å²) in [4.78, 5) is 28.0. The first-order valence-electron chi connectivity index (χ1n) is 8.78. The van der Waals surface area contributed by atoms with Crippen molar-refractivity contribution in [1.82, 2.24) is 19.0 Å². The molecule has 3 heterocycles. The summed E-state index contributed by atoms with van der Waals surface area (Å²) < 4.78 is 8.45. The average molecular weight is 402 g/mol. The van der Waals surface area contributed by atoms with Gasteiger partial charge in [0.2, 0.25) is 5.91 Å². The van der Waals surface area contributed by atoms with Gasteiger partial charge in [-0.3, -0.25) is 4.79 Å². The monoisotopic (exact) mass is 401 g/mol. The molecule has 1 saturated heterocycles. The number of piperidine rings is 1. The van der Waals surface area contributed by atoms with Gasteiger partial charge in [0.05, 0.1) is 29.9 Å². The van der Waals surface area contributed by atoms with Crippen LogP contribution in [-0.4, -0.2) is 38.7 Å². The second kappa shape index (κ2) is 8.01. The normalized spacial score (nSPS) is 17.0. The van der Waals surface area contributed by atoms with Crippen molar-refractivity contribution in [2.45, 2.75) is 19.4 Å². The fourth-order valence-electron chi connectivity index (χ4n) is 3.21. The minimum absolute atomic E-state index is 0.0775.